The van der Waals surface area contributed by atoms with Crippen molar-refractivity contribution in [3.63, 3.8) is 0 Å². The lowest BCUT2D eigenvalue weighted by Crippen LogP contribution is -2.41. The lowest BCUT2D eigenvalue weighted by atomic mass is 9.55. The summed E-state index contributed by atoms with van der Waals surface area (Å²) in [5.74, 6) is -3.42. The number of nitrogens with one attached hydrogen (secondary N) is 1. The Labute approximate surface area is 251 Å². The van der Waals surface area contributed by atoms with Crippen LogP contribution < -0.4 is 10.2 Å². The minimum absolute atomic E-state index is 0.111. The molecule has 208 valence electrons. The second kappa shape index (κ2) is 10.1. The van der Waals surface area contributed by atoms with Gasteiger partial charge in [-0.1, -0.05) is 77.8 Å². The van der Waals surface area contributed by atoms with E-state index in [4.69, 9.17) is 27.9 Å². The first kappa shape index (κ1) is 26.4. The molecule has 0 radical (unpaired) electrons. The van der Waals surface area contributed by atoms with Crippen LogP contribution >= 0.6 is 23.2 Å². The van der Waals surface area contributed by atoms with Crippen molar-refractivity contribution in [1.29, 1.82) is 0 Å². The molecule has 2 bridgehead atoms. The number of hydrogen-bond acceptors (Lipinski definition) is 5. The third-order valence-corrected chi connectivity index (χ3v) is 9.07. The summed E-state index contributed by atoms with van der Waals surface area (Å²) in [4.78, 5) is 54.4. The van der Waals surface area contributed by atoms with Gasteiger partial charge >= 0.3 is 5.97 Å². The van der Waals surface area contributed by atoms with Crippen molar-refractivity contribution in [1.82, 2.24) is 0 Å². The molecule has 9 heteroatoms. The number of halogens is 2. The van der Waals surface area contributed by atoms with Crippen molar-refractivity contribution in [3.05, 3.63) is 129 Å². The fraction of sp³-hybridized carbons (Fsp3) is 0.152. The van der Waals surface area contributed by atoms with E-state index in [0.29, 0.717) is 16.4 Å². The average molecular weight is 597 g/mol. The molecule has 0 saturated carbocycles. The Morgan fingerprint density at radius 2 is 1.29 bits per heavy atom. The first-order chi connectivity index (χ1) is 20.3. The number of carbonyl (C=O) groups is 4. The van der Waals surface area contributed by atoms with Crippen LogP contribution in [0.1, 0.15) is 44.4 Å². The zero-order valence-electron chi connectivity index (χ0n) is 21.9. The monoisotopic (exact) mass is 596 g/mol. The molecule has 0 aromatic heterocycles. The maximum atomic E-state index is 14.0. The number of hydrogen-bond donors (Lipinski definition) is 1. The molecule has 3 amide bonds. The molecule has 4 aromatic rings. The Balaban J connectivity index is 1.12. The first-order valence-electron chi connectivity index (χ1n) is 13.4. The van der Waals surface area contributed by atoms with Crippen LogP contribution in [0.5, 0.6) is 0 Å². The van der Waals surface area contributed by atoms with Crippen LogP contribution in [-0.2, 0) is 19.1 Å². The Morgan fingerprint density at radius 1 is 0.714 bits per heavy atom. The lowest BCUT2D eigenvalue weighted by molar-refractivity contribution is -0.122. The Kier molecular flexibility index (Phi) is 6.37. The summed E-state index contributed by atoms with van der Waals surface area (Å²) in [5, 5.41) is 3.20. The van der Waals surface area contributed by atoms with Crippen LogP contribution in [0.15, 0.2) is 91.0 Å². The molecule has 3 aliphatic carbocycles. The summed E-state index contributed by atoms with van der Waals surface area (Å²) in [6.07, 6.45) is 0. The number of amides is 3. The van der Waals surface area contributed by atoms with Crippen molar-refractivity contribution in [2.75, 3.05) is 16.8 Å². The second-order valence-electron chi connectivity index (χ2n) is 10.6. The zero-order valence-corrected chi connectivity index (χ0v) is 23.4. The molecule has 1 fully saturated rings. The summed E-state index contributed by atoms with van der Waals surface area (Å²) in [7, 11) is 0. The van der Waals surface area contributed by atoms with Crippen molar-refractivity contribution in [2.24, 2.45) is 11.8 Å². The molecule has 2 atom stereocenters. The Morgan fingerprint density at radius 3 is 1.83 bits per heavy atom. The molecule has 1 aliphatic heterocycles. The summed E-state index contributed by atoms with van der Waals surface area (Å²) in [6.45, 7) is -0.547. The molecule has 4 aromatic carbocycles. The molecule has 1 saturated heterocycles. The number of carbonyl (C=O) groups excluding carboxylic acids is 4. The van der Waals surface area contributed by atoms with Crippen LogP contribution in [0.4, 0.5) is 11.4 Å². The van der Waals surface area contributed by atoms with E-state index in [9.17, 15) is 19.2 Å². The fourth-order valence-electron chi connectivity index (χ4n) is 6.69. The van der Waals surface area contributed by atoms with Gasteiger partial charge in [-0.05, 0) is 58.7 Å². The van der Waals surface area contributed by atoms with Gasteiger partial charge in [0.25, 0.3) is 5.91 Å². The summed E-state index contributed by atoms with van der Waals surface area (Å²) in [5.41, 5.74) is 5.15. The normalized spacial score (nSPS) is 21.4. The number of rotatable bonds is 5. The molecule has 42 heavy (non-hydrogen) atoms. The smallest absolute Gasteiger partial charge is 0.338 e. The SMILES string of the molecule is O=C(COC(=O)c1cccc(N2C(=O)[C@@H]3C4c5ccccc5C(c5ccccc54)[C@H]3C2=O)c1)Nc1ccc(Cl)c(Cl)c1. The lowest BCUT2D eigenvalue weighted by Gasteiger charge is -2.45. The molecular weight excluding hydrogens is 575 g/mol. The first-order valence-corrected chi connectivity index (χ1v) is 14.2. The summed E-state index contributed by atoms with van der Waals surface area (Å²) < 4.78 is 5.21. The van der Waals surface area contributed by atoms with Gasteiger partial charge in [-0.25, -0.2) is 9.69 Å². The minimum atomic E-state index is -0.766. The molecule has 1 N–H and O–H groups in total. The molecule has 0 spiro atoms. The minimum Gasteiger partial charge on any atom is -0.452 e. The summed E-state index contributed by atoms with van der Waals surface area (Å²) >= 11 is 11.9. The van der Waals surface area contributed by atoms with E-state index in [1.807, 2.05) is 48.5 Å². The maximum absolute atomic E-state index is 14.0. The third kappa shape index (κ3) is 4.11. The van der Waals surface area contributed by atoms with Crippen LogP contribution in [-0.4, -0.2) is 30.3 Å². The third-order valence-electron chi connectivity index (χ3n) is 8.33. The Bertz CT molecular complexity index is 1710. The molecule has 7 nitrogen and oxygen atoms in total. The topological polar surface area (TPSA) is 92.8 Å². The second-order valence-corrected chi connectivity index (χ2v) is 11.4. The molecule has 1 heterocycles. The standard InChI is InChI=1S/C33H22Cl2N2O5/c34-24-13-12-18(15-25(24)35)36-26(38)16-42-33(41)17-6-5-7-19(14-17)37-31(39)29-27-20-8-1-2-9-21(20)28(30(29)32(37)40)23-11-4-3-10-22(23)27/h1-15,27-30H,16H2,(H,36,38)/t27?,28?,29-,30-/m1/s1. The molecule has 4 aliphatic rings. The number of nitrogens with zero attached hydrogens (tertiary/aromatic N) is 1. The van der Waals surface area contributed by atoms with Crippen LogP contribution in [0, 0.1) is 11.8 Å². The number of esters is 1. The van der Waals surface area contributed by atoms with E-state index < -0.39 is 30.3 Å². The van der Waals surface area contributed by atoms with Gasteiger partial charge in [-0.2, -0.15) is 0 Å². The van der Waals surface area contributed by atoms with E-state index in [1.165, 1.54) is 29.2 Å². The molecule has 8 rings (SSSR count). The number of anilines is 2. The zero-order chi connectivity index (χ0) is 29.1. The van der Waals surface area contributed by atoms with E-state index >= 15 is 0 Å². The van der Waals surface area contributed by atoms with Gasteiger partial charge in [-0.3, -0.25) is 14.4 Å². The highest BCUT2D eigenvalue weighted by Gasteiger charge is 2.61. The van der Waals surface area contributed by atoms with E-state index in [1.54, 1.807) is 18.2 Å². The van der Waals surface area contributed by atoms with E-state index in [0.717, 1.165) is 22.3 Å². The largest absolute Gasteiger partial charge is 0.452 e. The van der Waals surface area contributed by atoms with Gasteiger partial charge in [0.05, 0.1) is 33.1 Å². The van der Waals surface area contributed by atoms with E-state index in [-0.39, 0.29) is 34.2 Å². The van der Waals surface area contributed by atoms with Gasteiger partial charge in [0.1, 0.15) is 0 Å². The molecule has 0 unspecified atom stereocenters. The highest BCUT2D eigenvalue weighted by atomic mass is 35.5. The quantitative estimate of drug-likeness (QED) is 0.219. The van der Waals surface area contributed by atoms with Crippen LogP contribution in [0.25, 0.3) is 0 Å². The van der Waals surface area contributed by atoms with Gasteiger partial charge in [0, 0.05) is 17.5 Å². The highest BCUT2D eigenvalue weighted by molar-refractivity contribution is 6.42. The van der Waals surface area contributed by atoms with Gasteiger partial charge in [0.15, 0.2) is 6.61 Å². The maximum Gasteiger partial charge on any atom is 0.338 e. The van der Waals surface area contributed by atoms with Gasteiger partial charge in [-0.15, -0.1) is 0 Å². The number of benzene rings is 4. The van der Waals surface area contributed by atoms with Crippen LogP contribution in [0.2, 0.25) is 10.0 Å². The highest BCUT2D eigenvalue weighted by Crippen LogP contribution is 2.61. The Hall–Kier alpha value is -4.46. The fourth-order valence-corrected chi connectivity index (χ4v) is 6.99. The van der Waals surface area contributed by atoms with Crippen molar-refractivity contribution >= 4 is 58.3 Å². The summed E-state index contributed by atoms with van der Waals surface area (Å²) in [6, 6.07) is 26.8. The van der Waals surface area contributed by atoms with Crippen molar-refractivity contribution < 1.29 is 23.9 Å². The predicted molar refractivity (Wildman–Crippen MR) is 158 cm³/mol. The number of ether oxygens (including phenoxy) is 1. The van der Waals surface area contributed by atoms with E-state index in [2.05, 4.69) is 5.32 Å². The predicted octanol–water partition coefficient (Wildman–Crippen LogP) is 6.19. The number of imide groups is 1. The van der Waals surface area contributed by atoms with Crippen LogP contribution in [0.3, 0.4) is 0 Å². The van der Waals surface area contributed by atoms with Crippen molar-refractivity contribution in [2.45, 2.75) is 11.8 Å². The average Bonchev–Trinajstić information content (AvgIpc) is 3.27. The molecular formula is C33H22Cl2N2O5. The van der Waals surface area contributed by atoms with Crippen molar-refractivity contribution in [3.8, 4) is 0 Å². The van der Waals surface area contributed by atoms with Gasteiger partial charge < -0.3 is 10.1 Å². The van der Waals surface area contributed by atoms with Gasteiger partial charge in [0.2, 0.25) is 11.8 Å².